The summed E-state index contributed by atoms with van der Waals surface area (Å²) < 4.78 is 5.59. The fourth-order valence-corrected chi connectivity index (χ4v) is 3.19. The van der Waals surface area contributed by atoms with Gasteiger partial charge in [0.25, 0.3) is 0 Å². The van der Waals surface area contributed by atoms with Crippen LogP contribution in [0.1, 0.15) is 22.6 Å². The third-order valence-electron chi connectivity index (χ3n) is 4.71. The molecule has 0 fully saturated rings. The highest BCUT2D eigenvalue weighted by Crippen LogP contribution is 2.25. The van der Waals surface area contributed by atoms with E-state index in [1.807, 2.05) is 31.2 Å². The van der Waals surface area contributed by atoms with E-state index in [0.717, 1.165) is 22.1 Å². The van der Waals surface area contributed by atoms with Gasteiger partial charge in [0.15, 0.2) is 0 Å². The maximum atomic E-state index is 12.6. The number of aliphatic hydroxyl groups is 1. The van der Waals surface area contributed by atoms with Gasteiger partial charge in [-0.2, -0.15) is 0 Å². The van der Waals surface area contributed by atoms with Crippen LogP contribution >= 0.6 is 0 Å². The molecule has 0 saturated heterocycles. The molecule has 2 aromatic carbocycles. The molecule has 2 atom stereocenters. The molecule has 0 radical (unpaired) electrons. The van der Waals surface area contributed by atoms with Crippen molar-refractivity contribution in [2.75, 3.05) is 6.61 Å². The number of aliphatic hydroxyl groups excluding tert-OH is 1. The molecule has 7 heteroatoms. The van der Waals surface area contributed by atoms with Crippen LogP contribution in [0, 0.1) is 6.92 Å². The monoisotopic (exact) mass is 367 g/mol. The number of aryl methyl sites for hydroxylation is 1. The number of carbonyl (C=O) groups is 1. The molecule has 1 aromatic heterocycles. The molecule has 1 heterocycles. The summed E-state index contributed by atoms with van der Waals surface area (Å²) in [6.07, 6.45) is 1.76. The zero-order chi connectivity index (χ0) is 19.4. The van der Waals surface area contributed by atoms with E-state index in [1.165, 1.54) is 0 Å². The topological polar surface area (TPSA) is 103 Å². The molecule has 1 amide bonds. The molecule has 0 aliphatic heterocycles. The Morgan fingerprint density at radius 1 is 1.15 bits per heavy atom. The van der Waals surface area contributed by atoms with Gasteiger partial charge < -0.3 is 24.9 Å². The van der Waals surface area contributed by atoms with Crippen LogP contribution in [0.2, 0.25) is 0 Å². The van der Waals surface area contributed by atoms with E-state index in [1.54, 1.807) is 30.5 Å². The van der Waals surface area contributed by atoms with Gasteiger partial charge in [0, 0.05) is 5.39 Å². The van der Waals surface area contributed by atoms with Crippen molar-refractivity contribution < 1.29 is 24.4 Å². The van der Waals surface area contributed by atoms with Crippen LogP contribution in [-0.4, -0.2) is 40.7 Å². The number of furan rings is 1. The van der Waals surface area contributed by atoms with Gasteiger partial charge in [-0.3, -0.25) is 4.79 Å². The Morgan fingerprint density at radius 2 is 1.89 bits per heavy atom. The van der Waals surface area contributed by atoms with Crippen LogP contribution in [0.4, 0.5) is 0 Å². The van der Waals surface area contributed by atoms with E-state index in [0.29, 0.717) is 5.56 Å². The van der Waals surface area contributed by atoms with E-state index < -0.39 is 24.9 Å². The minimum atomic E-state index is -1.75. The lowest BCUT2D eigenvalue weighted by Crippen LogP contribution is -2.49. The number of carbonyl (C=O) groups excluding carboxylic acids is 1. The lowest BCUT2D eigenvalue weighted by molar-refractivity contribution is -0.123. The number of benzene rings is 2. The maximum Gasteiger partial charge on any atom is 0.475 e. The van der Waals surface area contributed by atoms with Crippen molar-refractivity contribution in [3.8, 4) is 0 Å². The Bertz CT molecular complexity index is 909. The zero-order valence-electron chi connectivity index (χ0n) is 15.0. The summed E-state index contributed by atoms with van der Waals surface area (Å²) in [6.45, 7) is 1.55. The van der Waals surface area contributed by atoms with Gasteiger partial charge in [0.2, 0.25) is 5.91 Å². The van der Waals surface area contributed by atoms with Crippen LogP contribution < -0.4 is 5.32 Å². The quantitative estimate of drug-likeness (QED) is 0.475. The van der Waals surface area contributed by atoms with Gasteiger partial charge in [-0.05, 0) is 30.0 Å². The highest BCUT2D eigenvalue weighted by Gasteiger charge is 2.30. The Labute approximate surface area is 157 Å². The van der Waals surface area contributed by atoms with E-state index >= 15 is 0 Å². The summed E-state index contributed by atoms with van der Waals surface area (Å²) in [6, 6.07) is 14.6. The molecular formula is C20H22BNO5. The molecular weight excluding hydrogens is 345 g/mol. The molecule has 140 valence electrons. The molecule has 0 aliphatic carbocycles. The number of nitrogens with one attached hydrogen (secondary N) is 1. The Hall–Kier alpha value is -2.61. The number of hydrogen-bond donors (Lipinski definition) is 4. The molecule has 6 nitrogen and oxygen atoms in total. The molecule has 0 aliphatic rings. The predicted molar refractivity (Wildman–Crippen MR) is 103 cm³/mol. The highest BCUT2D eigenvalue weighted by molar-refractivity contribution is 6.43. The number of hydrogen-bond acceptors (Lipinski definition) is 5. The zero-order valence-corrected chi connectivity index (χ0v) is 15.0. The standard InChI is InChI=1S/C20H22BNO5/c1-13-6-5-9-16-15(12-27-19(13)16)10-18(21(25)26)22-20(24)17(11-23)14-7-3-2-4-8-14/h2-9,12,17-18,23,25-26H,10-11H2,1H3,(H,22,24). The average molecular weight is 367 g/mol. The fourth-order valence-electron chi connectivity index (χ4n) is 3.19. The SMILES string of the molecule is Cc1cccc2c(CC(NC(=O)C(CO)c3ccccc3)B(O)O)coc12. The summed E-state index contributed by atoms with van der Waals surface area (Å²) in [7, 11) is -1.75. The molecule has 3 aromatic rings. The minimum absolute atomic E-state index is 0.187. The average Bonchev–Trinajstić information content (AvgIpc) is 3.07. The summed E-state index contributed by atoms with van der Waals surface area (Å²) >= 11 is 0. The molecule has 0 spiro atoms. The van der Waals surface area contributed by atoms with E-state index in [9.17, 15) is 19.9 Å². The normalized spacial score (nSPS) is 13.3. The summed E-state index contributed by atoms with van der Waals surface area (Å²) in [4.78, 5) is 12.6. The van der Waals surface area contributed by atoms with Crippen molar-refractivity contribution in [1.29, 1.82) is 0 Å². The molecule has 3 rings (SSSR count). The van der Waals surface area contributed by atoms with Crippen LogP contribution in [0.5, 0.6) is 0 Å². The van der Waals surface area contributed by atoms with Gasteiger partial charge in [-0.25, -0.2) is 0 Å². The largest absolute Gasteiger partial charge is 0.475 e. The van der Waals surface area contributed by atoms with Crippen LogP contribution in [-0.2, 0) is 11.2 Å². The molecule has 27 heavy (non-hydrogen) atoms. The van der Waals surface area contributed by atoms with E-state index in [2.05, 4.69) is 5.32 Å². The van der Waals surface area contributed by atoms with Crippen molar-refractivity contribution >= 4 is 24.0 Å². The van der Waals surface area contributed by atoms with Crippen LogP contribution in [0.25, 0.3) is 11.0 Å². The van der Waals surface area contributed by atoms with Gasteiger partial charge in [0.1, 0.15) is 5.58 Å². The smallest absolute Gasteiger partial charge is 0.464 e. The number of fused-ring (bicyclic) bond motifs is 1. The highest BCUT2D eigenvalue weighted by atomic mass is 16.4. The van der Waals surface area contributed by atoms with Crippen molar-refractivity contribution in [1.82, 2.24) is 5.32 Å². The second-order valence-corrected chi connectivity index (χ2v) is 6.59. The fraction of sp³-hybridized carbons (Fsp3) is 0.250. The van der Waals surface area contributed by atoms with Crippen LogP contribution in [0.3, 0.4) is 0 Å². The van der Waals surface area contributed by atoms with Gasteiger partial charge in [-0.15, -0.1) is 0 Å². The minimum Gasteiger partial charge on any atom is -0.464 e. The van der Waals surface area contributed by atoms with E-state index in [-0.39, 0.29) is 13.0 Å². The second-order valence-electron chi connectivity index (χ2n) is 6.59. The second kappa shape index (κ2) is 8.39. The lowest BCUT2D eigenvalue weighted by atomic mass is 9.75. The Morgan fingerprint density at radius 3 is 2.56 bits per heavy atom. The first-order valence-electron chi connectivity index (χ1n) is 8.79. The third kappa shape index (κ3) is 4.22. The van der Waals surface area contributed by atoms with Gasteiger partial charge in [0.05, 0.1) is 24.7 Å². The van der Waals surface area contributed by atoms with Crippen LogP contribution in [0.15, 0.2) is 59.2 Å². The summed E-state index contributed by atoms with van der Waals surface area (Å²) in [5.41, 5.74) is 3.15. The molecule has 0 bridgehead atoms. The Balaban J connectivity index is 1.79. The Kier molecular flexibility index (Phi) is 5.96. The maximum absolute atomic E-state index is 12.6. The summed E-state index contributed by atoms with van der Waals surface area (Å²) in [5, 5.41) is 32.7. The summed E-state index contributed by atoms with van der Waals surface area (Å²) in [5.74, 6) is -2.18. The van der Waals surface area contributed by atoms with Crippen molar-refractivity contribution in [3.05, 3.63) is 71.5 Å². The van der Waals surface area contributed by atoms with Gasteiger partial charge in [-0.1, -0.05) is 48.5 Å². The number of amides is 1. The van der Waals surface area contributed by atoms with E-state index in [4.69, 9.17) is 4.42 Å². The van der Waals surface area contributed by atoms with Crippen molar-refractivity contribution in [3.63, 3.8) is 0 Å². The number of rotatable bonds is 7. The molecule has 2 unspecified atom stereocenters. The lowest BCUT2D eigenvalue weighted by Gasteiger charge is -2.21. The van der Waals surface area contributed by atoms with Crippen molar-refractivity contribution in [2.45, 2.75) is 25.2 Å². The predicted octanol–water partition coefficient (Wildman–Crippen LogP) is 1.56. The third-order valence-corrected chi connectivity index (χ3v) is 4.71. The van der Waals surface area contributed by atoms with Crippen molar-refractivity contribution in [2.24, 2.45) is 0 Å². The van der Waals surface area contributed by atoms with Gasteiger partial charge >= 0.3 is 7.12 Å². The molecule has 4 N–H and O–H groups in total. The first-order valence-corrected chi connectivity index (χ1v) is 8.79. The first kappa shape index (κ1) is 19.2. The number of para-hydroxylation sites is 1. The first-order chi connectivity index (χ1) is 13.0. The molecule has 0 saturated carbocycles.